The summed E-state index contributed by atoms with van der Waals surface area (Å²) in [6.07, 6.45) is -1.91. The third kappa shape index (κ3) is 3.45. The molecule has 4 nitrogen and oxygen atoms in total. The normalized spacial score (nSPS) is 14.1. The van der Waals surface area contributed by atoms with Crippen molar-refractivity contribution < 1.29 is 19.7 Å². The van der Waals surface area contributed by atoms with E-state index in [4.69, 9.17) is 11.6 Å². The van der Waals surface area contributed by atoms with Crippen LogP contribution < -0.4 is 0 Å². The fraction of sp³-hybridized carbons (Fsp3) is 0.462. The summed E-state index contributed by atoms with van der Waals surface area (Å²) in [5.74, 6) is -0.306. The lowest BCUT2D eigenvalue weighted by Crippen LogP contribution is -2.21. The number of alkyl halides is 1. The van der Waals surface area contributed by atoms with Gasteiger partial charge in [0.25, 0.3) is 0 Å². The Kier molecular flexibility index (Phi) is 5.59. The van der Waals surface area contributed by atoms with E-state index in [-0.39, 0.29) is 17.9 Å². The van der Waals surface area contributed by atoms with Crippen LogP contribution in [0.4, 0.5) is 0 Å². The van der Waals surface area contributed by atoms with Gasteiger partial charge >= 0.3 is 5.97 Å². The quantitative estimate of drug-likeness (QED) is 0.634. The zero-order chi connectivity index (χ0) is 13.7. The highest BCUT2D eigenvalue weighted by Crippen LogP contribution is 2.25. The molecule has 0 saturated heterocycles. The third-order valence-electron chi connectivity index (χ3n) is 2.70. The number of carbonyl (C=O) groups is 1. The summed E-state index contributed by atoms with van der Waals surface area (Å²) in [5, 5.41) is 19.8. The van der Waals surface area contributed by atoms with Crippen molar-refractivity contribution in [3.8, 4) is 0 Å². The molecule has 0 aliphatic heterocycles. The van der Waals surface area contributed by atoms with E-state index in [9.17, 15) is 15.0 Å². The van der Waals surface area contributed by atoms with Gasteiger partial charge in [-0.1, -0.05) is 17.7 Å². The van der Waals surface area contributed by atoms with Crippen molar-refractivity contribution >= 4 is 17.6 Å². The van der Waals surface area contributed by atoms with Crippen molar-refractivity contribution in [2.24, 2.45) is 0 Å². The number of ether oxygens (including phenoxy) is 1. The molecule has 1 aromatic rings. The highest BCUT2D eigenvalue weighted by Gasteiger charge is 2.23. The average molecular weight is 273 g/mol. The number of aliphatic hydroxyl groups is 2. The highest BCUT2D eigenvalue weighted by molar-refractivity contribution is 6.17. The van der Waals surface area contributed by atoms with E-state index in [0.717, 1.165) is 5.56 Å². The van der Waals surface area contributed by atoms with E-state index < -0.39 is 18.2 Å². The Hall–Kier alpha value is -1.10. The molecule has 0 fully saturated rings. The number of methoxy groups -OCH3 is 1. The number of rotatable bonds is 5. The van der Waals surface area contributed by atoms with Crippen molar-refractivity contribution in [3.05, 3.63) is 34.9 Å². The van der Waals surface area contributed by atoms with Crippen LogP contribution in [0.15, 0.2) is 18.2 Å². The van der Waals surface area contributed by atoms with Crippen molar-refractivity contribution in [2.45, 2.75) is 25.6 Å². The zero-order valence-electron chi connectivity index (χ0n) is 10.4. The van der Waals surface area contributed by atoms with Gasteiger partial charge in [0.2, 0.25) is 0 Å². The molecule has 18 heavy (non-hydrogen) atoms. The first-order valence-electron chi connectivity index (χ1n) is 5.62. The maximum absolute atomic E-state index is 11.6. The molecule has 0 amide bonds. The van der Waals surface area contributed by atoms with Crippen molar-refractivity contribution in [1.29, 1.82) is 0 Å². The van der Waals surface area contributed by atoms with Crippen LogP contribution in [0.3, 0.4) is 0 Å². The summed E-state index contributed by atoms with van der Waals surface area (Å²) >= 11 is 5.53. The van der Waals surface area contributed by atoms with Crippen molar-refractivity contribution in [2.75, 3.05) is 13.0 Å². The highest BCUT2D eigenvalue weighted by atomic mass is 35.5. The van der Waals surface area contributed by atoms with Crippen molar-refractivity contribution in [1.82, 2.24) is 0 Å². The third-order valence-corrected chi connectivity index (χ3v) is 2.92. The van der Waals surface area contributed by atoms with Crippen LogP contribution in [0, 0.1) is 6.92 Å². The second-order valence-corrected chi connectivity index (χ2v) is 4.45. The molecule has 2 atom stereocenters. The monoisotopic (exact) mass is 272 g/mol. The Morgan fingerprint density at radius 1 is 1.44 bits per heavy atom. The second-order valence-electron chi connectivity index (χ2n) is 4.07. The van der Waals surface area contributed by atoms with E-state index in [1.165, 1.54) is 7.11 Å². The number of carbonyl (C=O) groups excluding carboxylic acids is 1. The molecular formula is C13H17ClO4. The molecule has 0 aliphatic carbocycles. The van der Waals surface area contributed by atoms with Gasteiger partial charge in [-0.2, -0.15) is 0 Å². The van der Waals surface area contributed by atoms with E-state index in [2.05, 4.69) is 4.74 Å². The van der Waals surface area contributed by atoms with E-state index in [0.29, 0.717) is 5.56 Å². The van der Waals surface area contributed by atoms with Crippen LogP contribution in [0.5, 0.6) is 0 Å². The number of aryl methyl sites for hydroxylation is 1. The summed E-state index contributed by atoms with van der Waals surface area (Å²) in [4.78, 5) is 11.6. The number of aliphatic hydroxyl groups excluding tert-OH is 2. The van der Waals surface area contributed by atoms with E-state index >= 15 is 0 Å². The van der Waals surface area contributed by atoms with Crippen LogP contribution in [0.25, 0.3) is 0 Å². The largest absolute Gasteiger partial charge is 0.465 e. The van der Waals surface area contributed by atoms with Crippen LogP contribution in [-0.4, -0.2) is 35.3 Å². The van der Waals surface area contributed by atoms with E-state index in [1.807, 2.05) is 6.92 Å². The van der Waals surface area contributed by atoms with Gasteiger partial charge in [-0.3, -0.25) is 0 Å². The van der Waals surface area contributed by atoms with Gasteiger partial charge in [0.05, 0.1) is 18.8 Å². The maximum atomic E-state index is 11.6. The van der Waals surface area contributed by atoms with Gasteiger partial charge in [0.1, 0.15) is 6.10 Å². The van der Waals surface area contributed by atoms with Crippen LogP contribution in [-0.2, 0) is 4.74 Å². The maximum Gasteiger partial charge on any atom is 0.338 e. The van der Waals surface area contributed by atoms with Crippen molar-refractivity contribution in [3.63, 3.8) is 0 Å². The summed E-state index contributed by atoms with van der Waals surface area (Å²) in [6, 6.07) is 4.98. The lowest BCUT2D eigenvalue weighted by molar-refractivity contribution is 0.0157. The molecule has 100 valence electrons. The molecule has 0 aromatic heterocycles. The van der Waals surface area contributed by atoms with Gasteiger partial charge in [-0.15, -0.1) is 11.6 Å². The molecule has 2 N–H and O–H groups in total. The fourth-order valence-electron chi connectivity index (χ4n) is 1.70. The number of benzene rings is 1. The van der Waals surface area contributed by atoms with Crippen LogP contribution >= 0.6 is 11.6 Å². The minimum Gasteiger partial charge on any atom is -0.465 e. The Labute approximate surface area is 111 Å². The lowest BCUT2D eigenvalue weighted by atomic mass is 9.95. The Morgan fingerprint density at radius 2 is 2.11 bits per heavy atom. The van der Waals surface area contributed by atoms with Gasteiger partial charge in [0.15, 0.2) is 0 Å². The predicted molar refractivity (Wildman–Crippen MR) is 68.8 cm³/mol. The summed E-state index contributed by atoms with van der Waals surface area (Å²) in [6.45, 7) is 1.84. The minimum absolute atomic E-state index is 0.234. The molecule has 0 spiro atoms. The predicted octanol–water partition coefficient (Wildman–Crippen LogP) is 1.80. The smallest absolute Gasteiger partial charge is 0.338 e. The van der Waals surface area contributed by atoms with E-state index in [1.54, 1.807) is 18.2 Å². The molecule has 2 unspecified atom stereocenters. The van der Waals surface area contributed by atoms with Crippen LogP contribution in [0.1, 0.15) is 34.0 Å². The topological polar surface area (TPSA) is 66.8 Å². The average Bonchev–Trinajstić information content (AvgIpc) is 2.37. The molecule has 0 radical (unpaired) electrons. The Morgan fingerprint density at radius 3 is 2.67 bits per heavy atom. The lowest BCUT2D eigenvalue weighted by Gasteiger charge is -2.20. The molecule has 0 aliphatic rings. The zero-order valence-corrected chi connectivity index (χ0v) is 11.1. The summed E-state index contributed by atoms with van der Waals surface area (Å²) in [5.41, 5.74) is 1.50. The number of hydrogen-bond acceptors (Lipinski definition) is 4. The van der Waals surface area contributed by atoms with Gasteiger partial charge in [-0.05, 0) is 25.0 Å². The molecule has 5 heteroatoms. The van der Waals surface area contributed by atoms with Gasteiger partial charge in [-0.25, -0.2) is 4.79 Å². The molecule has 1 aromatic carbocycles. The number of hydrogen-bond donors (Lipinski definition) is 2. The van der Waals surface area contributed by atoms with Crippen LogP contribution in [0.2, 0.25) is 0 Å². The molecule has 1 rings (SSSR count). The summed E-state index contributed by atoms with van der Waals surface area (Å²) < 4.78 is 4.65. The Bertz CT molecular complexity index is 419. The first-order chi connectivity index (χ1) is 8.51. The first-order valence-corrected chi connectivity index (χ1v) is 6.15. The molecule has 0 saturated carbocycles. The SMILES string of the molecule is COC(=O)c1ccc(C)cc1C(O)C(O)CCCl. The second kappa shape index (κ2) is 6.73. The molecular weight excluding hydrogens is 256 g/mol. The van der Waals surface area contributed by atoms with Gasteiger partial charge < -0.3 is 14.9 Å². The van der Waals surface area contributed by atoms with Gasteiger partial charge in [0, 0.05) is 5.88 Å². The molecule has 0 heterocycles. The fourth-order valence-corrected chi connectivity index (χ4v) is 1.92. The minimum atomic E-state index is -1.15. The molecule has 0 bridgehead atoms. The summed E-state index contributed by atoms with van der Waals surface area (Å²) in [7, 11) is 1.27. The standard InChI is InChI=1S/C13H17ClO4/c1-8-3-4-9(13(17)18-2)10(7-8)12(16)11(15)5-6-14/h3-4,7,11-12,15-16H,5-6H2,1-2H3. The first kappa shape index (κ1) is 15.0. The Balaban J connectivity index is 3.12. The number of esters is 1. The number of halogens is 1.